The first-order chi connectivity index (χ1) is 5.20. The molecule has 1 aromatic heterocycles. The van der Waals surface area contributed by atoms with E-state index in [9.17, 15) is 4.91 Å². The Morgan fingerprint density at radius 1 is 1.55 bits per heavy atom. The Bertz CT molecular complexity index is 267. The minimum atomic E-state index is 0.410. The molecule has 0 bridgehead atoms. The summed E-state index contributed by atoms with van der Waals surface area (Å²) in [7, 11) is 0. The van der Waals surface area contributed by atoms with E-state index in [4.69, 9.17) is 5.73 Å². The van der Waals surface area contributed by atoms with Crippen LogP contribution in [0.4, 0.5) is 5.82 Å². The van der Waals surface area contributed by atoms with E-state index < -0.39 is 0 Å². The summed E-state index contributed by atoms with van der Waals surface area (Å²) in [5.74, 6) is 0.410. The van der Waals surface area contributed by atoms with Gasteiger partial charge in [-0.15, -0.1) is 0 Å². The standard InChI is InChI=1S/C5H8N3O.C2H6/c1-4-2-3-8(9)7-5(4)6;1-2/h2-3H,1H3,(H3,6,7,9);1-2H3/q+1;. The smallest absolute Gasteiger partial charge is 0.257 e. The molecule has 0 saturated carbocycles. The summed E-state index contributed by atoms with van der Waals surface area (Å²) in [6.45, 7) is 5.83. The summed E-state index contributed by atoms with van der Waals surface area (Å²) in [5, 5.41) is 2.38. The van der Waals surface area contributed by atoms with E-state index >= 15 is 0 Å². The van der Waals surface area contributed by atoms with Crippen LogP contribution in [0.2, 0.25) is 0 Å². The molecule has 0 unspecified atom stereocenters. The Kier molecular flexibility index (Phi) is 3.95. The van der Waals surface area contributed by atoms with Crippen molar-refractivity contribution in [3.63, 3.8) is 0 Å². The molecule has 4 heteroatoms. The lowest BCUT2D eigenvalue weighted by Crippen LogP contribution is -2.20. The van der Waals surface area contributed by atoms with Crippen LogP contribution in [0.5, 0.6) is 0 Å². The van der Waals surface area contributed by atoms with Crippen molar-refractivity contribution in [2.75, 3.05) is 5.73 Å². The first-order valence-corrected chi connectivity index (χ1v) is 3.58. The van der Waals surface area contributed by atoms with E-state index in [0.29, 0.717) is 10.4 Å². The van der Waals surface area contributed by atoms with Crippen LogP contribution in [0.15, 0.2) is 12.3 Å². The van der Waals surface area contributed by atoms with Crippen molar-refractivity contribution in [2.24, 2.45) is 0 Å². The number of aromatic nitrogens is 2. The fourth-order valence-corrected chi connectivity index (χ4v) is 0.513. The number of aryl methyl sites for hydroxylation is 1. The van der Waals surface area contributed by atoms with Gasteiger partial charge in [-0.25, -0.2) is 0 Å². The van der Waals surface area contributed by atoms with Gasteiger partial charge in [0.05, 0.1) is 4.91 Å². The predicted octanol–water partition coefficient (Wildman–Crippen LogP) is 0.846. The third kappa shape index (κ3) is 2.84. The van der Waals surface area contributed by atoms with Crippen molar-refractivity contribution < 1.29 is 4.54 Å². The van der Waals surface area contributed by atoms with Crippen molar-refractivity contribution in [3.8, 4) is 0 Å². The number of hydrogen-bond donors (Lipinski definition) is 2. The van der Waals surface area contributed by atoms with Gasteiger partial charge in [-0.1, -0.05) is 18.9 Å². The first kappa shape index (κ1) is 9.68. The quantitative estimate of drug-likeness (QED) is 0.547. The molecule has 1 heterocycles. The number of nitrogen functional groups attached to an aromatic ring is 1. The third-order valence-corrected chi connectivity index (χ3v) is 1.12. The zero-order valence-corrected chi connectivity index (χ0v) is 7.09. The summed E-state index contributed by atoms with van der Waals surface area (Å²) in [6, 6.07) is 1.65. The minimum Gasteiger partial charge on any atom is -0.381 e. The predicted molar refractivity (Wildman–Crippen MR) is 44.7 cm³/mol. The van der Waals surface area contributed by atoms with E-state index in [0.717, 1.165) is 5.56 Å². The molecule has 0 aliphatic rings. The van der Waals surface area contributed by atoms with Crippen LogP contribution in [0.1, 0.15) is 19.4 Å². The summed E-state index contributed by atoms with van der Waals surface area (Å²) >= 11 is 0. The average Bonchev–Trinajstić information content (AvgIpc) is 2.02. The number of hydrogen-bond acceptors (Lipinski definition) is 2. The minimum absolute atomic E-state index is 0.410. The van der Waals surface area contributed by atoms with Gasteiger partial charge < -0.3 is 5.73 Å². The molecule has 0 aliphatic heterocycles. The average molecular weight is 156 g/mol. The van der Waals surface area contributed by atoms with Gasteiger partial charge in [0.15, 0.2) is 10.4 Å². The van der Waals surface area contributed by atoms with Gasteiger partial charge in [0.1, 0.15) is 0 Å². The van der Waals surface area contributed by atoms with Crippen molar-refractivity contribution in [2.45, 2.75) is 20.8 Å². The van der Waals surface area contributed by atoms with E-state index in [1.54, 1.807) is 6.07 Å². The van der Waals surface area contributed by atoms with Crippen LogP contribution in [0.3, 0.4) is 0 Å². The fourth-order valence-electron chi connectivity index (χ4n) is 0.513. The Hall–Kier alpha value is -1.32. The van der Waals surface area contributed by atoms with Gasteiger partial charge in [0.25, 0.3) is 6.20 Å². The Morgan fingerprint density at radius 3 is 2.45 bits per heavy atom. The highest BCUT2D eigenvalue weighted by Gasteiger charge is 1.95. The second-order valence-corrected chi connectivity index (χ2v) is 1.85. The lowest BCUT2D eigenvalue weighted by Gasteiger charge is -1.88. The molecule has 0 spiro atoms. The summed E-state index contributed by atoms with van der Waals surface area (Å²) in [6.07, 6.45) is 1.37. The molecule has 0 amide bonds. The molecular formula is C7H14N3O+. The van der Waals surface area contributed by atoms with Gasteiger partial charge >= 0.3 is 0 Å². The van der Waals surface area contributed by atoms with Crippen LogP contribution in [-0.2, 0) is 0 Å². The topological polar surface area (TPSA) is 64.8 Å². The van der Waals surface area contributed by atoms with Gasteiger partial charge in [0.2, 0.25) is 0 Å². The molecule has 0 radical (unpaired) electrons. The van der Waals surface area contributed by atoms with Gasteiger partial charge in [-0.05, 0) is 6.92 Å². The lowest BCUT2D eigenvalue weighted by atomic mass is 10.3. The van der Waals surface area contributed by atoms with Crippen molar-refractivity contribution in [1.29, 1.82) is 0 Å². The molecule has 11 heavy (non-hydrogen) atoms. The maximum atomic E-state index is 10.4. The Balaban J connectivity index is 0.000000461. The molecule has 0 saturated heterocycles. The Labute approximate surface area is 65.6 Å². The number of aromatic amines is 1. The number of rotatable bonds is 0. The van der Waals surface area contributed by atoms with Gasteiger partial charge in [0, 0.05) is 11.6 Å². The maximum Gasteiger partial charge on any atom is 0.257 e. The first-order valence-electron chi connectivity index (χ1n) is 3.58. The molecule has 0 fully saturated rings. The largest absolute Gasteiger partial charge is 0.381 e. The van der Waals surface area contributed by atoms with Crippen LogP contribution >= 0.6 is 0 Å². The highest BCUT2D eigenvalue weighted by Crippen LogP contribution is 1.98. The molecule has 0 aliphatic carbocycles. The van der Waals surface area contributed by atoms with Gasteiger partial charge in [-0.3, -0.25) is 0 Å². The zero-order chi connectivity index (χ0) is 8.85. The molecule has 3 N–H and O–H groups in total. The molecule has 62 valence electrons. The molecule has 1 rings (SSSR count). The third-order valence-electron chi connectivity index (χ3n) is 1.12. The van der Waals surface area contributed by atoms with Gasteiger partial charge in [-0.2, -0.15) is 0 Å². The number of nitrogens with zero attached hydrogens (tertiary/aromatic N) is 1. The molecule has 0 aromatic carbocycles. The lowest BCUT2D eigenvalue weighted by molar-refractivity contribution is -0.562. The van der Waals surface area contributed by atoms with E-state index in [1.807, 2.05) is 20.8 Å². The summed E-state index contributed by atoms with van der Waals surface area (Å²) < 4.78 is 0.558. The zero-order valence-electron chi connectivity index (χ0n) is 7.09. The molecule has 4 nitrogen and oxygen atoms in total. The van der Waals surface area contributed by atoms with Crippen molar-refractivity contribution in [3.05, 3.63) is 22.7 Å². The second kappa shape index (κ2) is 4.49. The summed E-state index contributed by atoms with van der Waals surface area (Å²) in [4.78, 5) is 10.4. The Morgan fingerprint density at radius 2 is 2.09 bits per heavy atom. The number of H-pyrrole nitrogens is 1. The fraction of sp³-hybridized carbons (Fsp3) is 0.429. The van der Waals surface area contributed by atoms with E-state index in [2.05, 4.69) is 5.10 Å². The summed E-state index contributed by atoms with van der Waals surface area (Å²) in [5.41, 5.74) is 6.22. The highest BCUT2D eigenvalue weighted by molar-refractivity contribution is 5.33. The molecule has 1 aromatic rings. The van der Waals surface area contributed by atoms with Crippen LogP contribution in [0.25, 0.3) is 0 Å². The molecular weight excluding hydrogens is 142 g/mol. The maximum absolute atomic E-state index is 10.4. The number of anilines is 1. The van der Waals surface area contributed by atoms with Crippen LogP contribution < -0.4 is 10.3 Å². The number of nitrogens with one attached hydrogen (secondary N) is 1. The second-order valence-electron chi connectivity index (χ2n) is 1.85. The van der Waals surface area contributed by atoms with Crippen molar-refractivity contribution >= 4 is 5.82 Å². The monoisotopic (exact) mass is 156 g/mol. The SMILES string of the molecule is CC.Cc1cc[n+](=O)[nH]c1N. The van der Waals surface area contributed by atoms with Crippen LogP contribution in [-0.4, -0.2) is 5.10 Å². The highest BCUT2D eigenvalue weighted by atomic mass is 16.3. The van der Waals surface area contributed by atoms with Crippen LogP contribution in [0, 0.1) is 11.8 Å². The normalized spacial score (nSPS) is 8.27. The number of nitrogens with two attached hydrogens (primary N) is 1. The van der Waals surface area contributed by atoms with E-state index in [-0.39, 0.29) is 0 Å². The van der Waals surface area contributed by atoms with E-state index in [1.165, 1.54) is 6.20 Å². The molecule has 0 atom stereocenters. The van der Waals surface area contributed by atoms with Crippen molar-refractivity contribution in [1.82, 2.24) is 5.10 Å².